The third-order valence-corrected chi connectivity index (χ3v) is 7.05. The Kier molecular flexibility index (Phi) is 7.42. The Bertz CT molecular complexity index is 690. The van der Waals surface area contributed by atoms with Crippen LogP contribution in [0.3, 0.4) is 0 Å². The van der Waals surface area contributed by atoms with Gasteiger partial charge in [-0.2, -0.15) is 0 Å². The van der Waals surface area contributed by atoms with Crippen LogP contribution < -0.4 is 5.32 Å². The van der Waals surface area contributed by atoms with Crippen molar-refractivity contribution >= 4 is 52.4 Å². The summed E-state index contributed by atoms with van der Waals surface area (Å²) in [5.41, 5.74) is 1.19. The van der Waals surface area contributed by atoms with E-state index in [1.807, 2.05) is 24.3 Å². The Balaban J connectivity index is 1.37. The lowest BCUT2D eigenvalue weighted by molar-refractivity contribution is -0.119. The molecule has 5 nitrogen and oxygen atoms in total. The molecule has 0 spiro atoms. The minimum absolute atomic E-state index is 0.00562. The topological polar surface area (TPSA) is 64.1 Å². The van der Waals surface area contributed by atoms with Crippen LogP contribution in [0.1, 0.15) is 18.4 Å². The molecule has 2 aromatic rings. The van der Waals surface area contributed by atoms with Gasteiger partial charge in [0.1, 0.15) is 0 Å². The summed E-state index contributed by atoms with van der Waals surface area (Å²) in [4.78, 5) is 11.9. The third-order valence-electron chi connectivity index (χ3n) is 3.54. The van der Waals surface area contributed by atoms with Gasteiger partial charge in [-0.05, 0) is 30.5 Å². The van der Waals surface area contributed by atoms with Crippen LogP contribution in [0.15, 0.2) is 32.9 Å². The second-order valence-corrected chi connectivity index (χ2v) is 9.34. The fourth-order valence-corrected chi connectivity index (χ4v) is 5.18. The van der Waals surface area contributed by atoms with Crippen LogP contribution in [-0.4, -0.2) is 41.1 Å². The molecule has 1 fully saturated rings. The summed E-state index contributed by atoms with van der Waals surface area (Å²) in [6.07, 6.45) is 2.28. The van der Waals surface area contributed by atoms with Gasteiger partial charge in [-0.25, -0.2) is 0 Å². The molecule has 1 saturated heterocycles. The van der Waals surface area contributed by atoms with Crippen LogP contribution in [0.25, 0.3) is 0 Å². The van der Waals surface area contributed by atoms with Crippen molar-refractivity contribution in [3.05, 3.63) is 34.9 Å². The second-order valence-electron chi connectivity index (χ2n) is 5.48. The number of benzene rings is 1. The van der Waals surface area contributed by atoms with Crippen LogP contribution in [0.2, 0.25) is 5.02 Å². The number of thioether (sulfide) groups is 2. The van der Waals surface area contributed by atoms with Gasteiger partial charge in [0.15, 0.2) is 8.68 Å². The molecule has 1 amide bonds. The first-order valence-corrected chi connectivity index (χ1v) is 11.1. The fraction of sp³-hybridized carbons (Fsp3) is 0.438. The molecule has 0 radical (unpaired) electrons. The standard InChI is InChI=1S/C16H18ClN3O2S3/c17-12-5-3-11(4-6-12)9-23-15-19-20-16(25-15)24-10-14(21)18-8-13-2-1-7-22-13/h3-6,13H,1-2,7-10H2,(H,18,21)/t13-/m1/s1. The molecule has 25 heavy (non-hydrogen) atoms. The number of rotatable bonds is 8. The fourth-order valence-electron chi connectivity index (χ4n) is 2.25. The molecule has 0 unspecified atom stereocenters. The highest BCUT2D eigenvalue weighted by molar-refractivity contribution is 8.03. The lowest BCUT2D eigenvalue weighted by Crippen LogP contribution is -2.32. The van der Waals surface area contributed by atoms with Crippen molar-refractivity contribution in [2.75, 3.05) is 18.9 Å². The Morgan fingerprint density at radius 3 is 2.76 bits per heavy atom. The highest BCUT2D eigenvalue weighted by Gasteiger charge is 2.16. The van der Waals surface area contributed by atoms with Crippen molar-refractivity contribution in [2.45, 2.75) is 33.4 Å². The van der Waals surface area contributed by atoms with E-state index in [0.717, 1.165) is 38.9 Å². The zero-order chi connectivity index (χ0) is 17.5. The molecule has 0 bridgehead atoms. The molecule has 1 atom stereocenters. The smallest absolute Gasteiger partial charge is 0.230 e. The number of nitrogens with one attached hydrogen (secondary N) is 1. The lowest BCUT2D eigenvalue weighted by atomic mass is 10.2. The van der Waals surface area contributed by atoms with Crippen molar-refractivity contribution in [3.8, 4) is 0 Å². The molecule has 1 aliphatic heterocycles. The van der Waals surface area contributed by atoms with E-state index in [0.29, 0.717) is 12.3 Å². The number of hydrogen-bond donors (Lipinski definition) is 1. The van der Waals surface area contributed by atoms with Crippen molar-refractivity contribution in [3.63, 3.8) is 0 Å². The molecule has 1 aliphatic rings. The molecule has 0 aliphatic carbocycles. The predicted octanol–water partition coefficient (Wildman–Crippen LogP) is 3.87. The van der Waals surface area contributed by atoms with E-state index in [1.54, 1.807) is 11.8 Å². The summed E-state index contributed by atoms with van der Waals surface area (Å²) in [5, 5.41) is 12.0. The van der Waals surface area contributed by atoms with Crippen LogP contribution in [0, 0.1) is 0 Å². The van der Waals surface area contributed by atoms with Gasteiger partial charge in [0.2, 0.25) is 5.91 Å². The average Bonchev–Trinajstić information content (AvgIpc) is 3.29. The molecule has 1 N–H and O–H groups in total. The van der Waals surface area contributed by atoms with Crippen molar-refractivity contribution < 1.29 is 9.53 Å². The molecule has 134 valence electrons. The number of amides is 1. The zero-order valence-electron chi connectivity index (χ0n) is 13.4. The van der Waals surface area contributed by atoms with E-state index >= 15 is 0 Å². The molecule has 1 aromatic carbocycles. The SMILES string of the molecule is O=C(CSc1nnc(SCc2ccc(Cl)cc2)s1)NC[C@H]1CCCO1. The van der Waals surface area contributed by atoms with E-state index in [1.165, 1.54) is 28.7 Å². The maximum Gasteiger partial charge on any atom is 0.230 e. The summed E-state index contributed by atoms with van der Waals surface area (Å²) < 4.78 is 7.20. The number of hydrogen-bond acceptors (Lipinski definition) is 7. The summed E-state index contributed by atoms with van der Waals surface area (Å²) in [6, 6.07) is 7.77. The van der Waals surface area contributed by atoms with Gasteiger partial charge >= 0.3 is 0 Å². The summed E-state index contributed by atoms with van der Waals surface area (Å²) >= 11 is 10.4. The molecule has 2 heterocycles. The molecular formula is C16H18ClN3O2S3. The monoisotopic (exact) mass is 415 g/mol. The lowest BCUT2D eigenvalue weighted by Gasteiger charge is -2.09. The van der Waals surface area contributed by atoms with E-state index in [9.17, 15) is 4.79 Å². The summed E-state index contributed by atoms with van der Waals surface area (Å²) in [6.45, 7) is 1.40. The third kappa shape index (κ3) is 6.45. The predicted molar refractivity (Wildman–Crippen MR) is 104 cm³/mol. The van der Waals surface area contributed by atoms with Crippen molar-refractivity contribution in [2.24, 2.45) is 0 Å². The van der Waals surface area contributed by atoms with Gasteiger partial charge in [-0.15, -0.1) is 10.2 Å². The number of carbonyl (C=O) groups excluding carboxylic acids is 1. The van der Waals surface area contributed by atoms with Gasteiger partial charge in [-0.1, -0.05) is 58.6 Å². The average molecular weight is 416 g/mol. The largest absolute Gasteiger partial charge is 0.376 e. The molecule has 0 saturated carbocycles. The Morgan fingerprint density at radius 1 is 1.28 bits per heavy atom. The quantitative estimate of drug-likeness (QED) is 0.660. The van der Waals surface area contributed by atoms with Gasteiger partial charge in [0.05, 0.1) is 11.9 Å². The Morgan fingerprint density at radius 2 is 2.04 bits per heavy atom. The van der Waals surface area contributed by atoms with E-state index in [4.69, 9.17) is 16.3 Å². The van der Waals surface area contributed by atoms with Crippen LogP contribution in [0.4, 0.5) is 0 Å². The van der Waals surface area contributed by atoms with Crippen LogP contribution in [-0.2, 0) is 15.3 Å². The Labute approximate surface area is 164 Å². The van der Waals surface area contributed by atoms with Crippen LogP contribution >= 0.6 is 46.5 Å². The maximum absolute atomic E-state index is 11.9. The minimum Gasteiger partial charge on any atom is -0.376 e. The second kappa shape index (κ2) is 9.78. The van der Waals surface area contributed by atoms with Gasteiger partial charge in [0, 0.05) is 23.9 Å². The first-order valence-electron chi connectivity index (χ1n) is 7.91. The maximum atomic E-state index is 11.9. The molecule has 9 heteroatoms. The van der Waals surface area contributed by atoms with Gasteiger partial charge in [0.25, 0.3) is 0 Å². The van der Waals surface area contributed by atoms with Gasteiger partial charge < -0.3 is 10.1 Å². The number of nitrogens with zero attached hydrogens (tertiary/aromatic N) is 2. The normalized spacial score (nSPS) is 16.9. The number of halogens is 1. The first-order chi connectivity index (χ1) is 12.2. The minimum atomic E-state index is 0.00562. The molecular weight excluding hydrogens is 398 g/mol. The number of carbonyl (C=O) groups is 1. The Hall–Kier alpha value is -0.800. The number of aromatic nitrogens is 2. The molecule has 3 rings (SSSR count). The van der Waals surface area contributed by atoms with Crippen molar-refractivity contribution in [1.29, 1.82) is 0 Å². The zero-order valence-corrected chi connectivity index (χ0v) is 16.6. The summed E-state index contributed by atoms with van der Waals surface area (Å²) in [5.74, 6) is 1.17. The molecule has 1 aromatic heterocycles. The van der Waals surface area contributed by atoms with Crippen molar-refractivity contribution in [1.82, 2.24) is 15.5 Å². The summed E-state index contributed by atoms with van der Waals surface area (Å²) in [7, 11) is 0. The first kappa shape index (κ1) is 19.0. The van der Waals surface area contributed by atoms with E-state index in [-0.39, 0.29) is 12.0 Å². The number of ether oxygens (including phenoxy) is 1. The highest BCUT2D eigenvalue weighted by Crippen LogP contribution is 2.30. The van der Waals surface area contributed by atoms with E-state index in [2.05, 4.69) is 15.5 Å². The van der Waals surface area contributed by atoms with Crippen LogP contribution in [0.5, 0.6) is 0 Å². The highest BCUT2D eigenvalue weighted by atomic mass is 35.5. The van der Waals surface area contributed by atoms with Gasteiger partial charge in [-0.3, -0.25) is 4.79 Å². The van der Waals surface area contributed by atoms with E-state index < -0.39 is 0 Å².